The number of carboxylic acid groups (broad SMARTS) is 2. The van der Waals surface area contributed by atoms with Gasteiger partial charge in [-0.3, -0.25) is 9.59 Å². The Hall–Kier alpha value is -3.91. The Morgan fingerprint density at radius 2 is 1.48 bits per heavy atom. The first-order chi connectivity index (χ1) is 15.9. The lowest BCUT2D eigenvalue weighted by atomic mass is 9.95. The van der Waals surface area contributed by atoms with E-state index in [2.05, 4.69) is 24.3 Å². The summed E-state index contributed by atoms with van der Waals surface area (Å²) in [6, 6.07) is 21.6. The van der Waals surface area contributed by atoms with Gasteiger partial charge in [-0.05, 0) is 30.3 Å². The van der Waals surface area contributed by atoms with Gasteiger partial charge in [-0.1, -0.05) is 24.3 Å². The number of thiophene rings is 1. The van der Waals surface area contributed by atoms with Gasteiger partial charge in [0, 0.05) is 38.9 Å². The van der Waals surface area contributed by atoms with E-state index in [9.17, 15) is 19.5 Å². The van der Waals surface area contributed by atoms with E-state index in [4.69, 9.17) is 14.6 Å². The molecule has 0 aliphatic heterocycles. The number of benzene rings is 3. The number of rotatable bonds is 8. The zero-order valence-electron chi connectivity index (χ0n) is 17.7. The minimum atomic E-state index is -1.32. The van der Waals surface area contributed by atoms with E-state index < -0.39 is 47.3 Å². The van der Waals surface area contributed by atoms with E-state index in [0.717, 1.165) is 25.1 Å². The molecule has 4 aromatic rings. The molecule has 8 heteroatoms. The van der Waals surface area contributed by atoms with Gasteiger partial charge in [0.25, 0.3) is 0 Å². The molecule has 0 fully saturated rings. The summed E-state index contributed by atoms with van der Waals surface area (Å²) >= 11 is 0. The van der Waals surface area contributed by atoms with Crippen LogP contribution in [0.5, 0.6) is 5.75 Å². The summed E-state index contributed by atoms with van der Waals surface area (Å²) in [7, 11) is 0.968. The molecule has 0 spiro atoms. The number of hydrogen-bond donors (Lipinski definition) is 2. The fourth-order valence-electron chi connectivity index (χ4n) is 3.95. The molecule has 1 heterocycles. The van der Waals surface area contributed by atoms with Crippen LogP contribution in [0.3, 0.4) is 0 Å². The van der Waals surface area contributed by atoms with Gasteiger partial charge < -0.3 is 19.7 Å². The molecule has 33 heavy (non-hydrogen) atoms. The predicted octanol–water partition coefficient (Wildman–Crippen LogP) is 4.93. The number of methoxy groups -OCH3 is 1. The van der Waals surface area contributed by atoms with Crippen molar-refractivity contribution in [3.05, 3.63) is 72.3 Å². The zero-order chi connectivity index (χ0) is 23.5. The maximum atomic E-state index is 12.7. The van der Waals surface area contributed by atoms with Gasteiger partial charge >= 0.3 is 17.9 Å². The Labute approximate surface area is 191 Å². The first kappa shape index (κ1) is 22.3. The Morgan fingerprint density at radius 3 is 2.03 bits per heavy atom. The van der Waals surface area contributed by atoms with Crippen molar-refractivity contribution in [2.45, 2.75) is 12.3 Å². The van der Waals surface area contributed by atoms with Crippen molar-refractivity contribution in [1.29, 1.82) is 0 Å². The van der Waals surface area contributed by atoms with Crippen molar-refractivity contribution in [1.82, 2.24) is 0 Å². The molecule has 0 saturated heterocycles. The average Bonchev–Trinajstić information content (AvgIpc) is 3.15. The van der Waals surface area contributed by atoms with Crippen LogP contribution in [0, 0.1) is 0 Å². The molecule has 4 rings (SSSR count). The van der Waals surface area contributed by atoms with Gasteiger partial charge in [0.2, 0.25) is 0 Å². The van der Waals surface area contributed by atoms with Gasteiger partial charge in [0.1, 0.15) is 5.75 Å². The summed E-state index contributed by atoms with van der Waals surface area (Å²) in [5.41, 5.74) is 0.349. The lowest BCUT2D eigenvalue weighted by Gasteiger charge is -2.17. The molecule has 0 aliphatic carbocycles. The molecule has 0 aliphatic rings. The summed E-state index contributed by atoms with van der Waals surface area (Å²) in [5.74, 6) is -4.33. The van der Waals surface area contributed by atoms with Crippen LogP contribution < -0.4 is 4.74 Å². The van der Waals surface area contributed by atoms with Crippen molar-refractivity contribution in [3.63, 3.8) is 0 Å². The first-order valence-corrected chi connectivity index (χ1v) is 11.3. The molecule has 1 aromatic heterocycles. The van der Waals surface area contributed by atoms with E-state index in [0.29, 0.717) is 11.3 Å². The highest BCUT2D eigenvalue weighted by Crippen LogP contribution is 2.49. The van der Waals surface area contributed by atoms with E-state index in [-0.39, 0.29) is 0 Å². The van der Waals surface area contributed by atoms with Gasteiger partial charge in [-0.25, -0.2) is 4.79 Å². The molecule has 3 aromatic carbocycles. The monoisotopic (exact) mass is 465 g/mol. The maximum absolute atomic E-state index is 12.7. The first-order valence-electron chi connectivity index (χ1n) is 10.1. The molecule has 0 bridgehead atoms. The highest BCUT2D eigenvalue weighted by atomic mass is 32.2. The van der Waals surface area contributed by atoms with Crippen LogP contribution in [0.1, 0.15) is 17.9 Å². The highest BCUT2D eigenvalue weighted by Gasteiger charge is 2.31. The molecule has 1 atom stereocenters. The summed E-state index contributed by atoms with van der Waals surface area (Å²) in [4.78, 5) is 36.0. The molecule has 7 nitrogen and oxygen atoms in total. The van der Waals surface area contributed by atoms with E-state index >= 15 is 0 Å². The number of fused-ring (bicyclic) bond motifs is 3. The number of ether oxygens (including phenoxy) is 2. The van der Waals surface area contributed by atoms with Crippen molar-refractivity contribution >= 4 is 48.6 Å². The molecule has 0 radical (unpaired) electrons. The van der Waals surface area contributed by atoms with Crippen LogP contribution in [-0.2, 0) is 19.1 Å². The number of carbonyl (C=O) groups is 3. The van der Waals surface area contributed by atoms with Crippen LogP contribution in [0.4, 0.5) is 0 Å². The van der Waals surface area contributed by atoms with E-state index in [1.165, 1.54) is 7.11 Å². The SMILES string of the molecule is COc1ccc(-[s+]2c3ccccc3c3ccccc32)cc1C(CC(=O)O)C(=O)OCC(=O)O. The Morgan fingerprint density at radius 1 is 0.879 bits per heavy atom. The van der Waals surface area contributed by atoms with Crippen LogP contribution in [0.15, 0.2) is 66.7 Å². The average molecular weight is 466 g/mol. The second-order valence-corrected chi connectivity index (χ2v) is 9.32. The van der Waals surface area contributed by atoms with Gasteiger partial charge in [0.05, 0.1) is 19.4 Å². The van der Waals surface area contributed by atoms with Crippen molar-refractivity contribution in [2.75, 3.05) is 13.7 Å². The highest BCUT2D eigenvalue weighted by molar-refractivity contribution is 7.50. The Bertz CT molecular complexity index is 1320. The number of esters is 1. The third kappa shape index (κ3) is 4.38. The third-order valence-corrected chi connectivity index (χ3v) is 7.63. The van der Waals surface area contributed by atoms with Gasteiger partial charge in [-0.15, -0.1) is 0 Å². The molecular weight excluding hydrogens is 444 g/mol. The predicted molar refractivity (Wildman–Crippen MR) is 125 cm³/mol. The van der Waals surface area contributed by atoms with Crippen molar-refractivity contribution in [2.24, 2.45) is 0 Å². The van der Waals surface area contributed by atoms with Gasteiger partial charge in [0.15, 0.2) is 20.9 Å². The number of aliphatic carboxylic acids is 2. The molecule has 168 valence electrons. The quantitative estimate of drug-likeness (QED) is 0.280. The largest absolute Gasteiger partial charge is 0.496 e. The van der Waals surface area contributed by atoms with Crippen LogP contribution in [0.2, 0.25) is 0 Å². The lowest BCUT2D eigenvalue weighted by molar-refractivity contribution is -0.157. The maximum Gasteiger partial charge on any atom is 0.341 e. The fourth-order valence-corrected chi connectivity index (χ4v) is 6.37. The lowest BCUT2D eigenvalue weighted by Crippen LogP contribution is -2.22. The summed E-state index contributed by atoms with van der Waals surface area (Å²) in [6.07, 6.45) is -0.556. The molecular formula is C25H21O7S+. The van der Waals surface area contributed by atoms with Crippen molar-refractivity contribution in [3.8, 4) is 10.6 Å². The smallest absolute Gasteiger partial charge is 0.341 e. The zero-order valence-corrected chi connectivity index (χ0v) is 18.5. The molecule has 0 amide bonds. The normalized spacial score (nSPS) is 11.9. The third-order valence-electron chi connectivity index (χ3n) is 5.32. The summed E-state index contributed by atoms with van der Waals surface area (Å²) in [5, 5.41) is 20.5. The fraction of sp³-hybridized carbons (Fsp3) is 0.160. The molecule has 2 N–H and O–H groups in total. The second-order valence-electron chi connectivity index (χ2n) is 7.35. The Balaban J connectivity index is 1.90. The molecule has 0 saturated carbocycles. The number of carboxylic acids is 2. The number of carbonyl (C=O) groups excluding carboxylic acids is 1. The number of hydrogen-bond acceptors (Lipinski definition) is 5. The summed E-state index contributed by atoms with van der Waals surface area (Å²) in [6.45, 7) is -0.845. The van der Waals surface area contributed by atoms with E-state index in [1.54, 1.807) is 12.1 Å². The molecule has 1 unspecified atom stereocenters. The van der Waals surface area contributed by atoms with E-state index in [1.807, 2.05) is 30.3 Å². The minimum absolute atomic E-state index is 0.335. The topological polar surface area (TPSA) is 110 Å². The van der Waals surface area contributed by atoms with Crippen LogP contribution >= 0.6 is 10.5 Å². The van der Waals surface area contributed by atoms with Crippen LogP contribution in [-0.4, -0.2) is 41.8 Å². The minimum Gasteiger partial charge on any atom is -0.496 e. The van der Waals surface area contributed by atoms with Gasteiger partial charge in [-0.2, -0.15) is 0 Å². The standard InChI is InChI=1S/C25H20O7S/c1-31-20-11-10-15(12-18(20)19(13-23(26)27)25(30)32-14-24(28)29)33-21-8-4-2-6-16(21)17-7-3-5-9-22(17)33/h2-12,19H,13-14H2,1H3,(H-,26,27,28,29)/p+1. The van der Waals surface area contributed by atoms with Crippen LogP contribution in [0.25, 0.3) is 25.1 Å². The summed E-state index contributed by atoms with van der Waals surface area (Å²) < 4.78 is 12.5. The Kier molecular flexibility index (Phi) is 6.28. The van der Waals surface area contributed by atoms with Crippen molar-refractivity contribution < 1.29 is 34.1 Å². The second kappa shape index (κ2) is 9.30.